The highest BCUT2D eigenvalue weighted by Crippen LogP contribution is 2.33. The molecule has 2 amide bonds. The van der Waals surface area contributed by atoms with Crippen LogP contribution in [0, 0.1) is 5.92 Å². The fourth-order valence-corrected chi connectivity index (χ4v) is 4.82. The first-order chi connectivity index (χ1) is 15.0. The molecule has 0 saturated carbocycles. The molecule has 31 heavy (non-hydrogen) atoms. The predicted molar refractivity (Wildman–Crippen MR) is 119 cm³/mol. The van der Waals surface area contributed by atoms with Gasteiger partial charge in [0.25, 0.3) is 0 Å². The molecule has 0 N–H and O–H groups in total. The lowest BCUT2D eigenvalue weighted by molar-refractivity contribution is -0.136. The third kappa shape index (κ3) is 4.02. The van der Waals surface area contributed by atoms with Crippen LogP contribution in [0.5, 0.6) is 0 Å². The van der Waals surface area contributed by atoms with E-state index in [1.54, 1.807) is 29.2 Å². The molecule has 0 bridgehead atoms. The van der Waals surface area contributed by atoms with E-state index in [9.17, 15) is 9.59 Å². The molecule has 2 fully saturated rings. The van der Waals surface area contributed by atoms with Crippen molar-refractivity contribution in [3.05, 3.63) is 58.4 Å². The zero-order valence-corrected chi connectivity index (χ0v) is 18.3. The summed E-state index contributed by atoms with van der Waals surface area (Å²) in [4.78, 5) is 33.7. The number of benzene rings is 2. The largest absolute Gasteiger partial charge is 0.440 e. The Hall–Kier alpha value is -2.57. The molecule has 3 heterocycles. The Morgan fingerprint density at radius 2 is 1.84 bits per heavy atom. The lowest BCUT2D eigenvalue weighted by atomic mass is 9.95. The highest BCUT2D eigenvalue weighted by atomic mass is 35.5. The first-order valence-corrected chi connectivity index (χ1v) is 11.1. The lowest BCUT2D eigenvalue weighted by Crippen LogP contribution is -2.42. The van der Waals surface area contributed by atoms with E-state index in [0.717, 1.165) is 29.6 Å². The van der Waals surface area contributed by atoms with E-state index in [-0.39, 0.29) is 30.1 Å². The van der Waals surface area contributed by atoms with Crippen LogP contribution >= 0.6 is 23.2 Å². The maximum Gasteiger partial charge on any atom is 0.228 e. The van der Waals surface area contributed by atoms with Crippen LogP contribution in [0.1, 0.15) is 31.1 Å². The van der Waals surface area contributed by atoms with Crippen LogP contribution < -0.4 is 4.90 Å². The maximum atomic E-state index is 13.1. The molecule has 160 valence electrons. The summed E-state index contributed by atoms with van der Waals surface area (Å²) in [5.41, 5.74) is 2.22. The van der Waals surface area contributed by atoms with E-state index in [1.807, 2.05) is 23.1 Å². The first kappa shape index (κ1) is 20.3. The lowest BCUT2D eigenvalue weighted by Gasteiger charge is -2.32. The smallest absolute Gasteiger partial charge is 0.228 e. The van der Waals surface area contributed by atoms with Crippen molar-refractivity contribution in [1.29, 1.82) is 0 Å². The molecule has 2 aliphatic rings. The molecular formula is C23H21Cl2N3O3. The van der Waals surface area contributed by atoms with Gasteiger partial charge in [-0.2, -0.15) is 0 Å². The van der Waals surface area contributed by atoms with Gasteiger partial charge in [0.15, 0.2) is 11.5 Å². The van der Waals surface area contributed by atoms with Crippen LogP contribution in [0.15, 0.2) is 46.9 Å². The molecule has 6 nitrogen and oxygen atoms in total. The van der Waals surface area contributed by atoms with Crippen LogP contribution in [0.25, 0.3) is 11.1 Å². The Morgan fingerprint density at radius 3 is 2.61 bits per heavy atom. The second-order valence-electron chi connectivity index (χ2n) is 8.15. The zero-order valence-electron chi connectivity index (χ0n) is 16.8. The van der Waals surface area contributed by atoms with Crippen LogP contribution in [0.2, 0.25) is 10.0 Å². The minimum absolute atomic E-state index is 0.0411. The summed E-state index contributed by atoms with van der Waals surface area (Å²) in [7, 11) is 0. The van der Waals surface area contributed by atoms with Gasteiger partial charge in [-0.05, 0) is 49.2 Å². The number of aromatic nitrogens is 1. The fourth-order valence-electron chi connectivity index (χ4n) is 4.46. The van der Waals surface area contributed by atoms with Gasteiger partial charge in [0.2, 0.25) is 11.8 Å². The predicted octanol–water partition coefficient (Wildman–Crippen LogP) is 4.89. The highest BCUT2D eigenvalue weighted by Gasteiger charge is 2.38. The number of amides is 2. The van der Waals surface area contributed by atoms with Crippen molar-refractivity contribution >= 4 is 51.8 Å². The van der Waals surface area contributed by atoms with Crippen molar-refractivity contribution in [1.82, 2.24) is 9.88 Å². The minimum atomic E-state index is -0.325. The molecule has 8 heteroatoms. The number of nitrogens with zero attached hydrogens (tertiary/aromatic N) is 3. The Morgan fingerprint density at radius 1 is 1.06 bits per heavy atom. The van der Waals surface area contributed by atoms with E-state index < -0.39 is 0 Å². The summed E-state index contributed by atoms with van der Waals surface area (Å²) in [6, 6.07) is 12.6. The van der Waals surface area contributed by atoms with Gasteiger partial charge in [0, 0.05) is 47.7 Å². The van der Waals surface area contributed by atoms with E-state index in [1.165, 1.54) is 0 Å². The number of piperidine rings is 1. The molecule has 2 saturated heterocycles. The molecule has 1 aromatic heterocycles. The average molecular weight is 458 g/mol. The molecule has 2 aliphatic heterocycles. The Balaban J connectivity index is 1.22. The third-order valence-corrected chi connectivity index (χ3v) is 6.59. The normalized spacial score (nSPS) is 20.1. The maximum absolute atomic E-state index is 13.1. The number of anilines is 1. The number of halogens is 2. The van der Waals surface area contributed by atoms with Crippen molar-refractivity contribution in [3.8, 4) is 0 Å². The summed E-state index contributed by atoms with van der Waals surface area (Å²) < 4.78 is 5.91. The molecular weight excluding hydrogens is 437 g/mol. The number of hydrogen-bond acceptors (Lipinski definition) is 4. The SMILES string of the molecule is O=C(C1CC(=O)N(c2cccc(Cl)c2)C1)N1CCC(c2nc3cc(Cl)ccc3o2)CC1. The Bertz CT molecular complexity index is 1150. The molecule has 3 aromatic rings. The molecule has 5 rings (SSSR count). The molecule has 0 radical (unpaired) electrons. The van der Waals surface area contributed by atoms with Crippen molar-refractivity contribution in [3.63, 3.8) is 0 Å². The van der Waals surface area contributed by atoms with E-state index in [2.05, 4.69) is 4.98 Å². The van der Waals surface area contributed by atoms with E-state index >= 15 is 0 Å². The van der Waals surface area contributed by atoms with Gasteiger partial charge < -0.3 is 14.2 Å². The van der Waals surface area contributed by atoms with Gasteiger partial charge in [-0.25, -0.2) is 4.98 Å². The molecule has 0 spiro atoms. The Labute approximate surface area is 189 Å². The fraction of sp³-hybridized carbons (Fsp3) is 0.348. The molecule has 1 unspecified atom stereocenters. The van der Waals surface area contributed by atoms with Crippen molar-refractivity contribution in [2.75, 3.05) is 24.5 Å². The van der Waals surface area contributed by atoms with E-state index in [4.69, 9.17) is 27.6 Å². The number of fused-ring (bicyclic) bond motifs is 1. The van der Waals surface area contributed by atoms with Gasteiger partial charge in [-0.1, -0.05) is 29.3 Å². The number of carbonyl (C=O) groups is 2. The quantitative estimate of drug-likeness (QED) is 0.561. The standard InChI is InChI=1S/C23H21Cl2N3O3/c24-16-2-1-3-18(11-16)28-13-15(10-21(28)29)23(30)27-8-6-14(7-9-27)22-26-19-12-17(25)4-5-20(19)31-22/h1-5,11-12,14-15H,6-10,13H2. The van der Waals surface area contributed by atoms with Crippen molar-refractivity contribution in [2.24, 2.45) is 5.92 Å². The summed E-state index contributed by atoms with van der Waals surface area (Å²) in [5.74, 6) is 0.548. The number of carbonyl (C=O) groups excluding carboxylic acids is 2. The van der Waals surface area contributed by atoms with Crippen LogP contribution in [0.3, 0.4) is 0 Å². The van der Waals surface area contributed by atoms with Crippen LogP contribution in [-0.4, -0.2) is 41.3 Å². The van der Waals surface area contributed by atoms with Crippen molar-refractivity contribution < 1.29 is 14.0 Å². The van der Waals surface area contributed by atoms with Crippen LogP contribution in [0.4, 0.5) is 5.69 Å². The monoisotopic (exact) mass is 457 g/mol. The third-order valence-electron chi connectivity index (χ3n) is 6.12. The van der Waals surface area contributed by atoms with Crippen LogP contribution in [-0.2, 0) is 9.59 Å². The minimum Gasteiger partial charge on any atom is -0.440 e. The van der Waals surface area contributed by atoms with E-state index in [0.29, 0.717) is 35.6 Å². The van der Waals surface area contributed by atoms with Gasteiger partial charge in [0.05, 0.1) is 5.92 Å². The van der Waals surface area contributed by atoms with Gasteiger partial charge in [-0.3, -0.25) is 9.59 Å². The summed E-state index contributed by atoms with van der Waals surface area (Å²) in [6.07, 6.45) is 1.80. The first-order valence-electron chi connectivity index (χ1n) is 10.4. The van der Waals surface area contributed by atoms with Gasteiger partial charge in [0.1, 0.15) is 5.52 Å². The summed E-state index contributed by atoms with van der Waals surface area (Å²) in [6.45, 7) is 1.65. The highest BCUT2D eigenvalue weighted by molar-refractivity contribution is 6.31. The second kappa shape index (κ2) is 8.17. The molecule has 1 atom stereocenters. The molecule has 2 aromatic carbocycles. The number of rotatable bonds is 3. The van der Waals surface area contributed by atoms with Gasteiger partial charge >= 0.3 is 0 Å². The second-order valence-corrected chi connectivity index (χ2v) is 9.02. The number of likely N-dealkylation sites (tertiary alicyclic amines) is 1. The van der Waals surface area contributed by atoms with Gasteiger partial charge in [-0.15, -0.1) is 0 Å². The summed E-state index contributed by atoms with van der Waals surface area (Å²) in [5, 5.41) is 1.20. The zero-order chi connectivity index (χ0) is 21.5. The van der Waals surface area contributed by atoms with Crippen molar-refractivity contribution in [2.45, 2.75) is 25.2 Å². The number of oxazole rings is 1. The summed E-state index contributed by atoms with van der Waals surface area (Å²) >= 11 is 12.1. The number of hydrogen-bond donors (Lipinski definition) is 0. The average Bonchev–Trinajstić information content (AvgIpc) is 3.36. The topological polar surface area (TPSA) is 66.7 Å². The molecule has 0 aliphatic carbocycles. The Kier molecular flexibility index (Phi) is 5.36.